The van der Waals surface area contributed by atoms with Crippen LogP contribution in [0.1, 0.15) is 0 Å². The van der Waals surface area contributed by atoms with Crippen molar-refractivity contribution in [2.75, 3.05) is 5.32 Å². The highest BCUT2D eigenvalue weighted by Gasteiger charge is 2.16. The first-order chi connectivity index (χ1) is 24.3. The van der Waals surface area contributed by atoms with Crippen molar-refractivity contribution >= 4 is 75.5 Å². The molecule has 2 heterocycles. The third-order valence-electron chi connectivity index (χ3n) is 9.77. The third kappa shape index (κ3) is 4.62. The van der Waals surface area contributed by atoms with Crippen LogP contribution in [0, 0.1) is 0 Å². The quantitative estimate of drug-likeness (QED) is 0.198. The molecule has 0 spiro atoms. The minimum Gasteiger partial charge on any atom is -0.356 e. The predicted octanol–water partition coefficient (Wildman–Crippen LogP) is 13.4. The average Bonchev–Trinajstić information content (AvgIpc) is 3.72. The van der Waals surface area contributed by atoms with E-state index in [1.807, 2.05) is 11.3 Å². The van der Waals surface area contributed by atoms with Crippen LogP contribution < -0.4 is 5.32 Å². The molecule has 8 aromatic carbocycles. The molecule has 0 saturated carbocycles. The first-order valence-electron chi connectivity index (χ1n) is 16.7. The maximum atomic E-state index is 3.61. The van der Waals surface area contributed by atoms with Gasteiger partial charge in [0.1, 0.15) is 0 Å². The molecular formula is C46H30N2S. The van der Waals surface area contributed by atoms with Crippen molar-refractivity contribution in [3.05, 3.63) is 176 Å². The van der Waals surface area contributed by atoms with Crippen molar-refractivity contribution in [3.63, 3.8) is 0 Å². The molecule has 0 aliphatic carbocycles. The maximum Gasteiger partial charge on any atom is 0.0619 e. The first-order valence-corrected chi connectivity index (χ1v) is 17.5. The summed E-state index contributed by atoms with van der Waals surface area (Å²) in [4.78, 5) is 0. The van der Waals surface area contributed by atoms with Gasteiger partial charge in [0.15, 0.2) is 0 Å². The zero-order chi connectivity index (χ0) is 32.3. The van der Waals surface area contributed by atoms with Crippen LogP contribution in [0.25, 0.3) is 80.7 Å². The molecule has 0 fully saturated rings. The van der Waals surface area contributed by atoms with Gasteiger partial charge in [-0.15, -0.1) is 11.3 Å². The van der Waals surface area contributed by atoms with E-state index in [1.165, 1.54) is 80.7 Å². The van der Waals surface area contributed by atoms with Gasteiger partial charge in [-0.05, 0) is 76.2 Å². The van der Waals surface area contributed by atoms with Crippen molar-refractivity contribution in [2.24, 2.45) is 0 Å². The van der Waals surface area contributed by atoms with Crippen LogP contribution in [-0.2, 0) is 0 Å². The van der Waals surface area contributed by atoms with Gasteiger partial charge < -0.3 is 9.88 Å². The van der Waals surface area contributed by atoms with Crippen LogP contribution in [0.4, 0.5) is 11.4 Å². The molecule has 230 valence electrons. The van der Waals surface area contributed by atoms with E-state index in [-0.39, 0.29) is 0 Å². The molecule has 1 N–H and O–H groups in total. The summed E-state index contributed by atoms with van der Waals surface area (Å²) in [5, 5.41) is 11.3. The summed E-state index contributed by atoms with van der Waals surface area (Å²) in [5.74, 6) is 0. The Balaban J connectivity index is 0.974. The number of nitrogens with zero attached hydrogens (tertiary/aromatic N) is 1. The summed E-state index contributed by atoms with van der Waals surface area (Å²) in [6.45, 7) is 0. The number of benzene rings is 8. The van der Waals surface area contributed by atoms with Crippen LogP contribution in [0.5, 0.6) is 0 Å². The number of anilines is 2. The van der Waals surface area contributed by atoms with Crippen LogP contribution in [0.3, 0.4) is 0 Å². The lowest BCUT2D eigenvalue weighted by Crippen LogP contribution is -1.94. The van der Waals surface area contributed by atoms with E-state index in [1.54, 1.807) is 0 Å². The predicted molar refractivity (Wildman–Crippen MR) is 212 cm³/mol. The monoisotopic (exact) mass is 642 g/mol. The summed E-state index contributed by atoms with van der Waals surface area (Å²) in [6.07, 6.45) is 0. The summed E-state index contributed by atoms with van der Waals surface area (Å²) >= 11 is 1.87. The lowest BCUT2D eigenvalue weighted by molar-refractivity contribution is 1.19. The van der Waals surface area contributed by atoms with Gasteiger partial charge in [0.25, 0.3) is 0 Å². The molecule has 0 bridgehead atoms. The van der Waals surface area contributed by atoms with Crippen molar-refractivity contribution in [1.82, 2.24) is 4.57 Å². The largest absolute Gasteiger partial charge is 0.356 e. The number of hydrogen-bond donors (Lipinski definition) is 1. The van der Waals surface area contributed by atoms with Gasteiger partial charge >= 0.3 is 0 Å². The first kappa shape index (κ1) is 27.9. The molecule has 10 rings (SSSR count). The number of nitrogens with one attached hydrogen (secondary N) is 1. The van der Waals surface area contributed by atoms with E-state index in [4.69, 9.17) is 0 Å². The molecule has 0 atom stereocenters. The second-order valence-corrected chi connectivity index (χ2v) is 13.7. The molecule has 49 heavy (non-hydrogen) atoms. The minimum absolute atomic E-state index is 1.06. The molecule has 3 heteroatoms. The van der Waals surface area contributed by atoms with Crippen molar-refractivity contribution < 1.29 is 0 Å². The fourth-order valence-corrected chi connectivity index (χ4v) is 8.66. The molecule has 0 aliphatic heterocycles. The number of aromatic nitrogens is 1. The fraction of sp³-hybridized carbons (Fsp3) is 0. The van der Waals surface area contributed by atoms with Crippen LogP contribution in [0.2, 0.25) is 0 Å². The number of rotatable bonds is 5. The van der Waals surface area contributed by atoms with Gasteiger partial charge in [-0.1, -0.05) is 127 Å². The Morgan fingerprint density at radius 2 is 1.08 bits per heavy atom. The standard InChI is InChI=1S/C46H30N2S/c1-2-10-36(11-3-1)48-43-29-33(22-27-39(43)41-28-21-31-9-4-5-12-37(31)45(41)48)30-17-23-34(24-18-30)47-35-25-19-32(20-26-35)38-14-8-15-42-40-13-6-7-16-44(40)49-46(38)42/h1-29,47H. The molecule has 0 amide bonds. The fourth-order valence-electron chi connectivity index (χ4n) is 7.42. The summed E-state index contributed by atoms with van der Waals surface area (Å²) in [7, 11) is 0. The lowest BCUT2D eigenvalue weighted by atomic mass is 10.0. The van der Waals surface area contributed by atoms with Gasteiger partial charge in [-0.2, -0.15) is 0 Å². The smallest absolute Gasteiger partial charge is 0.0619 e. The summed E-state index contributed by atoms with van der Waals surface area (Å²) < 4.78 is 5.10. The Morgan fingerprint density at radius 3 is 1.90 bits per heavy atom. The average molecular weight is 643 g/mol. The van der Waals surface area contributed by atoms with Gasteiger partial charge in [-0.3, -0.25) is 0 Å². The van der Waals surface area contributed by atoms with E-state index >= 15 is 0 Å². The molecule has 0 saturated heterocycles. The van der Waals surface area contributed by atoms with Crippen LogP contribution in [0.15, 0.2) is 176 Å². The SMILES string of the molecule is c1ccc(-n2c3cc(-c4ccc(Nc5ccc(-c6cccc7c6sc6ccccc67)cc5)cc4)ccc3c3ccc4ccccc4c32)cc1. The molecule has 0 unspecified atom stereocenters. The molecule has 10 aromatic rings. The van der Waals surface area contributed by atoms with Gasteiger partial charge in [0.05, 0.1) is 11.0 Å². The Bertz CT molecular complexity index is 2820. The normalized spacial score (nSPS) is 11.7. The van der Waals surface area contributed by atoms with E-state index in [0.717, 1.165) is 11.4 Å². The highest BCUT2D eigenvalue weighted by atomic mass is 32.1. The third-order valence-corrected chi connectivity index (χ3v) is 11.0. The van der Waals surface area contributed by atoms with E-state index < -0.39 is 0 Å². The Labute approximate surface area is 288 Å². The van der Waals surface area contributed by atoms with Gasteiger partial charge in [0.2, 0.25) is 0 Å². The lowest BCUT2D eigenvalue weighted by Gasteiger charge is -2.11. The number of fused-ring (bicyclic) bond motifs is 8. The second kappa shape index (κ2) is 11.2. The Kier molecular flexibility index (Phi) is 6.39. The van der Waals surface area contributed by atoms with Crippen molar-refractivity contribution in [2.45, 2.75) is 0 Å². The Morgan fingerprint density at radius 1 is 0.429 bits per heavy atom. The highest BCUT2D eigenvalue weighted by molar-refractivity contribution is 7.26. The van der Waals surface area contributed by atoms with Crippen molar-refractivity contribution in [1.29, 1.82) is 0 Å². The van der Waals surface area contributed by atoms with E-state index in [0.29, 0.717) is 0 Å². The zero-order valence-electron chi connectivity index (χ0n) is 26.6. The highest BCUT2D eigenvalue weighted by Crippen LogP contribution is 2.41. The second-order valence-electron chi connectivity index (χ2n) is 12.6. The molecule has 2 aromatic heterocycles. The Hall–Kier alpha value is -6.16. The number of hydrogen-bond acceptors (Lipinski definition) is 2. The summed E-state index contributed by atoms with van der Waals surface area (Å²) in [5.41, 5.74) is 10.7. The number of para-hydroxylation sites is 1. The number of thiophene rings is 1. The zero-order valence-corrected chi connectivity index (χ0v) is 27.4. The van der Waals surface area contributed by atoms with E-state index in [9.17, 15) is 0 Å². The molecule has 0 aliphatic rings. The van der Waals surface area contributed by atoms with Crippen LogP contribution in [-0.4, -0.2) is 4.57 Å². The van der Waals surface area contributed by atoms with Gasteiger partial charge in [-0.25, -0.2) is 0 Å². The summed E-state index contributed by atoms with van der Waals surface area (Å²) in [6, 6.07) is 63.7. The minimum atomic E-state index is 1.06. The molecule has 0 radical (unpaired) electrons. The maximum absolute atomic E-state index is 3.61. The molecular weight excluding hydrogens is 613 g/mol. The molecule has 2 nitrogen and oxygen atoms in total. The topological polar surface area (TPSA) is 17.0 Å². The van der Waals surface area contributed by atoms with E-state index in [2.05, 4.69) is 186 Å². The van der Waals surface area contributed by atoms with Crippen LogP contribution >= 0.6 is 11.3 Å². The van der Waals surface area contributed by atoms with Gasteiger partial charge in [0, 0.05) is 53.4 Å². The van der Waals surface area contributed by atoms with Crippen molar-refractivity contribution in [3.8, 4) is 27.9 Å².